The summed E-state index contributed by atoms with van der Waals surface area (Å²) in [5, 5.41) is 4.71. The van der Waals surface area contributed by atoms with Gasteiger partial charge >= 0.3 is 11.8 Å². The highest BCUT2D eigenvalue weighted by Crippen LogP contribution is 2.17. The number of rotatable bonds is 2. The van der Waals surface area contributed by atoms with Crippen molar-refractivity contribution in [2.45, 2.75) is 31.9 Å². The van der Waals surface area contributed by atoms with Gasteiger partial charge in [-0.05, 0) is 19.8 Å². The lowest BCUT2D eigenvalue weighted by molar-refractivity contribution is -0.135. The van der Waals surface area contributed by atoms with Crippen molar-refractivity contribution in [3.8, 4) is 0 Å². The third kappa shape index (κ3) is 2.15. The van der Waals surface area contributed by atoms with E-state index in [1.807, 2.05) is 6.92 Å². The molecule has 2 amide bonds. The first-order valence-corrected chi connectivity index (χ1v) is 4.98. The van der Waals surface area contributed by atoms with E-state index in [1.54, 1.807) is 0 Å². The molecule has 0 aromatic heterocycles. The Morgan fingerprint density at radius 1 is 1.40 bits per heavy atom. The van der Waals surface area contributed by atoms with E-state index < -0.39 is 11.8 Å². The Kier molecular flexibility index (Phi) is 2.68. The van der Waals surface area contributed by atoms with Gasteiger partial charge < -0.3 is 4.74 Å². The van der Waals surface area contributed by atoms with Crippen LogP contribution < -0.4 is 10.6 Å². The van der Waals surface area contributed by atoms with Crippen LogP contribution >= 0.6 is 0 Å². The molecule has 2 atom stereocenters. The van der Waals surface area contributed by atoms with Gasteiger partial charge in [0.25, 0.3) is 0 Å². The summed E-state index contributed by atoms with van der Waals surface area (Å²) in [6.07, 6.45) is 2.10. The first kappa shape index (κ1) is 10.1. The fourth-order valence-corrected chi connectivity index (χ4v) is 1.69. The van der Waals surface area contributed by atoms with Crippen molar-refractivity contribution in [1.29, 1.82) is 0 Å². The number of ether oxygens (including phenoxy) is 1. The summed E-state index contributed by atoms with van der Waals surface area (Å²) >= 11 is 0. The van der Waals surface area contributed by atoms with Crippen molar-refractivity contribution < 1.29 is 14.3 Å². The highest BCUT2D eigenvalue weighted by molar-refractivity contribution is 6.45. The third-order valence-electron chi connectivity index (χ3n) is 2.51. The van der Waals surface area contributed by atoms with E-state index in [0.29, 0.717) is 0 Å². The number of carbonyl (C=O) groups is 2. The van der Waals surface area contributed by atoms with E-state index in [4.69, 9.17) is 4.74 Å². The maximum atomic E-state index is 10.9. The zero-order valence-electron chi connectivity index (χ0n) is 8.45. The van der Waals surface area contributed by atoms with Gasteiger partial charge in [-0.1, -0.05) is 0 Å². The number of carbonyl (C=O) groups excluding carboxylic acids is 2. The summed E-state index contributed by atoms with van der Waals surface area (Å²) in [6.45, 7) is 2.66. The summed E-state index contributed by atoms with van der Waals surface area (Å²) in [6, 6.07) is -0.0544. The minimum absolute atomic E-state index is 0.0544. The topological polar surface area (TPSA) is 79.8 Å². The van der Waals surface area contributed by atoms with Crippen LogP contribution in [0.2, 0.25) is 0 Å². The number of aliphatic imine (C=N–C) groups is 1. The maximum Gasteiger partial charge on any atom is 0.316 e. The summed E-state index contributed by atoms with van der Waals surface area (Å²) < 4.78 is 5.45. The first-order valence-electron chi connectivity index (χ1n) is 4.98. The normalized spacial score (nSPS) is 27.5. The monoisotopic (exact) mass is 211 g/mol. The van der Waals surface area contributed by atoms with Gasteiger partial charge in [0.2, 0.25) is 5.96 Å². The van der Waals surface area contributed by atoms with Crippen LogP contribution in [-0.4, -0.2) is 36.5 Å². The quantitative estimate of drug-likeness (QED) is 0.584. The molecule has 6 heteroatoms. The van der Waals surface area contributed by atoms with Crippen molar-refractivity contribution in [2.75, 3.05) is 6.61 Å². The summed E-state index contributed by atoms with van der Waals surface area (Å²) in [5.41, 5.74) is 0. The number of nitrogens with zero attached hydrogens (tertiary/aromatic N) is 1. The molecule has 0 spiro atoms. The SMILES string of the molecule is CC(N=C1NC(=O)C(=O)N1)C1CCCO1. The Hall–Kier alpha value is -1.43. The largest absolute Gasteiger partial charge is 0.376 e. The number of hydrogen-bond donors (Lipinski definition) is 2. The van der Waals surface area contributed by atoms with Crippen LogP contribution in [0.1, 0.15) is 19.8 Å². The fourth-order valence-electron chi connectivity index (χ4n) is 1.69. The molecule has 2 N–H and O–H groups in total. The zero-order chi connectivity index (χ0) is 10.8. The second-order valence-corrected chi connectivity index (χ2v) is 3.68. The fraction of sp³-hybridized carbons (Fsp3) is 0.667. The Labute approximate surface area is 87.1 Å². The molecule has 82 valence electrons. The molecule has 0 bridgehead atoms. The van der Waals surface area contributed by atoms with Crippen LogP contribution in [0.25, 0.3) is 0 Å². The molecule has 2 fully saturated rings. The molecule has 6 nitrogen and oxygen atoms in total. The molecule has 2 heterocycles. The molecule has 0 aliphatic carbocycles. The van der Waals surface area contributed by atoms with Gasteiger partial charge in [0.15, 0.2) is 0 Å². The molecule has 0 aromatic carbocycles. The molecule has 0 radical (unpaired) electrons. The molecule has 0 aromatic rings. The van der Waals surface area contributed by atoms with Crippen molar-refractivity contribution in [1.82, 2.24) is 10.6 Å². The second-order valence-electron chi connectivity index (χ2n) is 3.68. The minimum Gasteiger partial charge on any atom is -0.376 e. The summed E-state index contributed by atoms with van der Waals surface area (Å²) in [7, 11) is 0. The third-order valence-corrected chi connectivity index (χ3v) is 2.51. The van der Waals surface area contributed by atoms with E-state index in [-0.39, 0.29) is 18.1 Å². The molecule has 2 saturated heterocycles. The van der Waals surface area contributed by atoms with Crippen LogP contribution in [0.5, 0.6) is 0 Å². The van der Waals surface area contributed by atoms with Gasteiger partial charge in [0.05, 0.1) is 12.1 Å². The van der Waals surface area contributed by atoms with Gasteiger partial charge in [-0.3, -0.25) is 20.2 Å². The lowest BCUT2D eigenvalue weighted by Crippen LogP contribution is -2.30. The molecule has 2 unspecified atom stereocenters. The maximum absolute atomic E-state index is 10.9. The van der Waals surface area contributed by atoms with E-state index >= 15 is 0 Å². The van der Waals surface area contributed by atoms with E-state index in [1.165, 1.54) is 0 Å². The van der Waals surface area contributed by atoms with Crippen LogP contribution in [-0.2, 0) is 14.3 Å². The highest BCUT2D eigenvalue weighted by atomic mass is 16.5. The van der Waals surface area contributed by atoms with Gasteiger partial charge in [0.1, 0.15) is 0 Å². The smallest absolute Gasteiger partial charge is 0.316 e. The lowest BCUT2D eigenvalue weighted by atomic mass is 10.1. The number of amides is 2. The van der Waals surface area contributed by atoms with Crippen LogP contribution in [0.4, 0.5) is 0 Å². The van der Waals surface area contributed by atoms with Gasteiger partial charge in [-0.25, -0.2) is 4.99 Å². The number of guanidine groups is 1. The van der Waals surface area contributed by atoms with Crippen molar-refractivity contribution in [3.63, 3.8) is 0 Å². The Morgan fingerprint density at radius 3 is 2.60 bits per heavy atom. The zero-order valence-corrected chi connectivity index (χ0v) is 8.45. The average molecular weight is 211 g/mol. The molecular weight excluding hydrogens is 198 g/mol. The second kappa shape index (κ2) is 3.98. The van der Waals surface area contributed by atoms with Crippen LogP contribution in [0.3, 0.4) is 0 Å². The number of hydrogen-bond acceptors (Lipinski definition) is 4. The predicted octanol–water partition coefficient (Wildman–Crippen LogP) is -0.844. The van der Waals surface area contributed by atoms with E-state index in [9.17, 15) is 9.59 Å². The van der Waals surface area contributed by atoms with Crippen molar-refractivity contribution in [2.24, 2.45) is 4.99 Å². The van der Waals surface area contributed by atoms with E-state index in [2.05, 4.69) is 15.6 Å². The first-order chi connectivity index (χ1) is 7.16. The molecule has 15 heavy (non-hydrogen) atoms. The standard InChI is InChI=1S/C9H13N3O3/c1-5(6-3-2-4-15-6)10-9-11-7(13)8(14)12-9/h5-6H,2-4H2,1H3,(H2,10,11,12,13,14). The summed E-state index contributed by atoms with van der Waals surface area (Å²) in [5.74, 6) is -1.09. The number of nitrogens with one attached hydrogen (secondary N) is 2. The van der Waals surface area contributed by atoms with Crippen LogP contribution in [0, 0.1) is 0 Å². The molecular formula is C9H13N3O3. The highest BCUT2D eigenvalue weighted by Gasteiger charge is 2.28. The Balaban J connectivity index is 1.97. The van der Waals surface area contributed by atoms with E-state index in [0.717, 1.165) is 19.4 Å². The van der Waals surface area contributed by atoms with Crippen molar-refractivity contribution >= 4 is 17.8 Å². The van der Waals surface area contributed by atoms with Crippen LogP contribution in [0.15, 0.2) is 4.99 Å². The summed E-state index contributed by atoms with van der Waals surface area (Å²) in [4.78, 5) is 25.9. The molecule has 2 aliphatic heterocycles. The lowest BCUT2D eigenvalue weighted by Gasteiger charge is -2.14. The van der Waals surface area contributed by atoms with Gasteiger partial charge in [0, 0.05) is 6.61 Å². The Morgan fingerprint density at radius 2 is 2.07 bits per heavy atom. The van der Waals surface area contributed by atoms with Gasteiger partial charge in [-0.2, -0.15) is 0 Å². The molecule has 2 aliphatic rings. The van der Waals surface area contributed by atoms with Gasteiger partial charge in [-0.15, -0.1) is 0 Å². The molecule has 0 saturated carbocycles. The predicted molar refractivity (Wildman–Crippen MR) is 52.2 cm³/mol. The average Bonchev–Trinajstić information content (AvgIpc) is 2.77. The molecule has 2 rings (SSSR count). The minimum atomic E-state index is -0.659. The Bertz CT molecular complexity index is 303. The van der Waals surface area contributed by atoms with Crippen molar-refractivity contribution in [3.05, 3.63) is 0 Å².